The summed E-state index contributed by atoms with van der Waals surface area (Å²) in [4.78, 5) is 11.7. The second-order valence-corrected chi connectivity index (χ2v) is 5.00. The lowest BCUT2D eigenvalue weighted by Crippen LogP contribution is -2.26. The Balaban J connectivity index is 1.57. The van der Waals surface area contributed by atoms with Gasteiger partial charge in [0.25, 0.3) is 0 Å². The summed E-state index contributed by atoms with van der Waals surface area (Å²) in [7, 11) is 0. The standard InChI is InChI=1S/C16H12ClN3O3/c17-12-8-6-11(7-9-12)15-20-19-14(23-15)10-18-16(21)22-13-4-2-1-3-5-13/h1-9H,10H2,(H,18,21). The van der Waals surface area contributed by atoms with Crippen LogP contribution in [0.25, 0.3) is 11.5 Å². The quantitative estimate of drug-likeness (QED) is 0.790. The van der Waals surface area contributed by atoms with Crippen LogP contribution >= 0.6 is 11.6 Å². The van der Waals surface area contributed by atoms with E-state index in [2.05, 4.69) is 15.5 Å². The van der Waals surface area contributed by atoms with E-state index in [9.17, 15) is 4.79 Å². The van der Waals surface area contributed by atoms with Crippen molar-refractivity contribution >= 4 is 17.7 Å². The predicted octanol–water partition coefficient (Wildman–Crippen LogP) is 3.68. The van der Waals surface area contributed by atoms with Crippen molar-refractivity contribution in [2.75, 3.05) is 0 Å². The van der Waals surface area contributed by atoms with Gasteiger partial charge in [0, 0.05) is 10.6 Å². The Morgan fingerprint density at radius 1 is 1.09 bits per heavy atom. The van der Waals surface area contributed by atoms with Gasteiger partial charge in [0.2, 0.25) is 11.8 Å². The Bertz CT molecular complexity index is 788. The molecule has 0 atom stereocenters. The van der Waals surface area contributed by atoms with Crippen LogP contribution in [0.15, 0.2) is 59.0 Å². The SMILES string of the molecule is O=C(NCc1nnc(-c2ccc(Cl)cc2)o1)Oc1ccccc1. The fraction of sp³-hybridized carbons (Fsp3) is 0.0625. The van der Waals surface area contributed by atoms with Gasteiger partial charge in [-0.05, 0) is 36.4 Å². The van der Waals surface area contributed by atoms with Crippen molar-refractivity contribution < 1.29 is 13.9 Å². The monoisotopic (exact) mass is 329 g/mol. The van der Waals surface area contributed by atoms with Gasteiger partial charge in [-0.3, -0.25) is 0 Å². The Morgan fingerprint density at radius 2 is 1.83 bits per heavy atom. The van der Waals surface area contributed by atoms with E-state index >= 15 is 0 Å². The van der Waals surface area contributed by atoms with E-state index < -0.39 is 6.09 Å². The minimum Gasteiger partial charge on any atom is -0.419 e. The van der Waals surface area contributed by atoms with Gasteiger partial charge in [0.05, 0.1) is 6.54 Å². The minimum atomic E-state index is -0.595. The van der Waals surface area contributed by atoms with E-state index in [1.165, 1.54) is 0 Å². The van der Waals surface area contributed by atoms with E-state index in [0.717, 1.165) is 5.56 Å². The highest BCUT2D eigenvalue weighted by atomic mass is 35.5. The van der Waals surface area contributed by atoms with E-state index in [-0.39, 0.29) is 12.4 Å². The number of halogens is 1. The van der Waals surface area contributed by atoms with Gasteiger partial charge in [0.1, 0.15) is 5.75 Å². The molecule has 0 bridgehead atoms. The zero-order valence-electron chi connectivity index (χ0n) is 11.9. The third-order valence-corrected chi connectivity index (χ3v) is 3.15. The van der Waals surface area contributed by atoms with Gasteiger partial charge in [-0.2, -0.15) is 0 Å². The maximum absolute atomic E-state index is 11.7. The number of aromatic nitrogens is 2. The van der Waals surface area contributed by atoms with Gasteiger partial charge in [-0.25, -0.2) is 4.79 Å². The topological polar surface area (TPSA) is 77.3 Å². The second kappa shape index (κ2) is 6.93. The predicted molar refractivity (Wildman–Crippen MR) is 84.0 cm³/mol. The zero-order chi connectivity index (χ0) is 16.1. The number of carbonyl (C=O) groups excluding carboxylic acids is 1. The van der Waals surface area contributed by atoms with Crippen molar-refractivity contribution in [3.05, 3.63) is 65.5 Å². The molecule has 1 heterocycles. The first-order valence-electron chi connectivity index (χ1n) is 6.80. The molecule has 0 saturated heterocycles. The Labute approximate surface area is 137 Å². The molecule has 3 aromatic rings. The maximum atomic E-state index is 11.7. The zero-order valence-corrected chi connectivity index (χ0v) is 12.7. The van der Waals surface area contributed by atoms with Crippen LogP contribution in [0.1, 0.15) is 5.89 Å². The van der Waals surface area contributed by atoms with E-state index in [4.69, 9.17) is 20.8 Å². The molecule has 0 aliphatic heterocycles. The summed E-state index contributed by atoms with van der Waals surface area (Å²) in [6, 6.07) is 15.8. The molecule has 1 aromatic heterocycles. The lowest BCUT2D eigenvalue weighted by Gasteiger charge is -2.04. The summed E-state index contributed by atoms with van der Waals surface area (Å²) in [6.07, 6.45) is -0.595. The number of carbonyl (C=O) groups is 1. The molecule has 6 nitrogen and oxygen atoms in total. The number of nitrogens with one attached hydrogen (secondary N) is 1. The fourth-order valence-electron chi connectivity index (χ4n) is 1.81. The fourth-order valence-corrected chi connectivity index (χ4v) is 1.94. The summed E-state index contributed by atoms with van der Waals surface area (Å²) in [5.41, 5.74) is 0.750. The van der Waals surface area contributed by atoms with E-state index in [1.807, 2.05) is 6.07 Å². The molecule has 7 heteroatoms. The number of ether oxygens (including phenoxy) is 1. The molecule has 0 fully saturated rings. The van der Waals surface area contributed by atoms with Crippen LogP contribution in [0.4, 0.5) is 4.79 Å². The maximum Gasteiger partial charge on any atom is 0.413 e. The first-order valence-corrected chi connectivity index (χ1v) is 7.17. The van der Waals surface area contributed by atoms with Crippen LogP contribution in [0.5, 0.6) is 5.75 Å². The first-order chi connectivity index (χ1) is 11.2. The number of rotatable bonds is 4. The average molecular weight is 330 g/mol. The van der Waals surface area contributed by atoms with Crippen molar-refractivity contribution in [2.45, 2.75) is 6.54 Å². The molecular weight excluding hydrogens is 318 g/mol. The summed E-state index contributed by atoms with van der Waals surface area (Å²) in [5, 5.41) is 11.0. The van der Waals surface area contributed by atoms with Crippen molar-refractivity contribution in [3.8, 4) is 17.2 Å². The van der Waals surface area contributed by atoms with Crippen molar-refractivity contribution in [1.29, 1.82) is 0 Å². The molecule has 23 heavy (non-hydrogen) atoms. The summed E-state index contributed by atoms with van der Waals surface area (Å²) in [5.74, 6) is 1.09. The second-order valence-electron chi connectivity index (χ2n) is 4.56. The van der Waals surface area contributed by atoms with Crippen LogP contribution < -0.4 is 10.1 Å². The van der Waals surface area contributed by atoms with Crippen LogP contribution in [-0.4, -0.2) is 16.3 Å². The van der Waals surface area contributed by atoms with Crippen LogP contribution in [0.2, 0.25) is 5.02 Å². The number of nitrogens with zero attached hydrogens (tertiary/aromatic N) is 2. The molecule has 0 radical (unpaired) electrons. The summed E-state index contributed by atoms with van der Waals surface area (Å²) < 4.78 is 10.6. The summed E-state index contributed by atoms with van der Waals surface area (Å²) in [6.45, 7) is 0.0757. The number of hydrogen-bond acceptors (Lipinski definition) is 5. The van der Waals surface area contributed by atoms with Crippen LogP contribution in [0.3, 0.4) is 0 Å². The molecule has 0 unspecified atom stereocenters. The van der Waals surface area contributed by atoms with Gasteiger partial charge in [-0.1, -0.05) is 29.8 Å². The Morgan fingerprint density at radius 3 is 2.57 bits per heavy atom. The third-order valence-electron chi connectivity index (χ3n) is 2.90. The number of benzene rings is 2. The minimum absolute atomic E-state index is 0.0757. The molecule has 2 aromatic carbocycles. The lowest BCUT2D eigenvalue weighted by molar-refractivity contribution is 0.198. The normalized spacial score (nSPS) is 10.3. The average Bonchev–Trinajstić information content (AvgIpc) is 3.04. The van der Waals surface area contributed by atoms with Gasteiger partial charge < -0.3 is 14.5 Å². The third kappa shape index (κ3) is 4.08. The Kier molecular flexibility index (Phi) is 4.54. The van der Waals surface area contributed by atoms with Crippen molar-refractivity contribution in [2.24, 2.45) is 0 Å². The van der Waals surface area contributed by atoms with Crippen molar-refractivity contribution in [3.63, 3.8) is 0 Å². The summed E-state index contributed by atoms with van der Waals surface area (Å²) >= 11 is 5.83. The molecular formula is C16H12ClN3O3. The molecule has 0 spiro atoms. The largest absolute Gasteiger partial charge is 0.419 e. The molecule has 0 aliphatic carbocycles. The molecule has 1 N–H and O–H groups in total. The molecule has 0 aliphatic rings. The van der Waals surface area contributed by atoms with Gasteiger partial charge in [-0.15, -0.1) is 10.2 Å². The van der Waals surface area contributed by atoms with Gasteiger partial charge >= 0.3 is 6.09 Å². The lowest BCUT2D eigenvalue weighted by atomic mass is 10.2. The first kappa shape index (κ1) is 15.1. The number of hydrogen-bond donors (Lipinski definition) is 1. The number of amides is 1. The van der Waals surface area contributed by atoms with Crippen LogP contribution in [-0.2, 0) is 6.54 Å². The highest BCUT2D eigenvalue weighted by Gasteiger charge is 2.10. The van der Waals surface area contributed by atoms with Crippen LogP contribution in [0, 0.1) is 0 Å². The van der Waals surface area contributed by atoms with Crippen molar-refractivity contribution in [1.82, 2.24) is 15.5 Å². The molecule has 0 saturated carbocycles. The van der Waals surface area contributed by atoms with E-state index in [0.29, 0.717) is 16.7 Å². The van der Waals surface area contributed by atoms with Gasteiger partial charge in [0.15, 0.2) is 0 Å². The number of para-hydroxylation sites is 1. The highest BCUT2D eigenvalue weighted by molar-refractivity contribution is 6.30. The molecule has 116 valence electrons. The smallest absolute Gasteiger partial charge is 0.413 e. The van der Waals surface area contributed by atoms with E-state index in [1.54, 1.807) is 48.5 Å². The highest BCUT2D eigenvalue weighted by Crippen LogP contribution is 2.20. The molecule has 3 rings (SSSR count). The molecule has 1 amide bonds. The Hall–Kier alpha value is -2.86.